The Labute approximate surface area is 142 Å². The molecule has 23 heavy (non-hydrogen) atoms. The number of quaternary nitrogens is 1. The highest BCUT2D eigenvalue weighted by Gasteiger charge is 2.31. The molecule has 4 heteroatoms. The van der Waals surface area contributed by atoms with E-state index in [2.05, 4.69) is 17.6 Å². The van der Waals surface area contributed by atoms with Crippen molar-refractivity contribution in [3.8, 4) is 0 Å². The Morgan fingerprint density at radius 1 is 1.09 bits per heavy atom. The largest absolute Gasteiger partial charge is 0.348 e. The maximum Gasteiger partial charge on any atom is 0.283 e. The molecule has 0 radical (unpaired) electrons. The average molecular weight is 330 g/mol. The van der Waals surface area contributed by atoms with Crippen LogP contribution in [0, 0.1) is 0 Å². The highest BCUT2D eigenvalue weighted by molar-refractivity contribution is 6.30. The van der Waals surface area contributed by atoms with Crippen molar-refractivity contribution < 1.29 is 10.1 Å². The summed E-state index contributed by atoms with van der Waals surface area (Å²) >= 11 is 5.96. The summed E-state index contributed by atoms with van der Waals surface area (Å²) in [6, 6.07) is 18.1. The van der Waals surface area contributed by atoms with Gasteiger partial charge in [-0.15, -0.1) is 0 Å². The second-order valence-electron chi connectivity index (χ2n) is 6.20. The minimum atomic E-state index is -0.234. The van der Waals surface area contributed by atoms with E-state index in [-0.39, 0.29) is 18.0 Å². The van der Waals surface area contributed by atoms with Gasteiger partial charge in [0.1, 0.15) is 6.04 Å². The van der Waals surface area contributed by atoms with Gasteiger partial charge in [0.25, 0.3) is 5.91 Å². The molecule has 3 rings (SSSR count). The molecule has 3 N–H and O–H groups in total. The van der Waals surface area contributed by atoms with Gasteiger partial charge in [-0.1, -0.05) is 54.1 Å². The number of amides is 1. The van der Waals surface area contributed by atoms with Gasteiger partial charge < -0.3 is 10.6 Å². The Balaban J connectivity index is 1.77. The quantitative estimate of drug-likeness (QED) is 0.841. The molecule has 0 heterocycles. The van der Waals surface area contributed by atoms with Crippen molar-refractivity contribution in [2.24, 2.45) is 0 Å². The number of benzene rings is 2. The zero-order valence-corrected chi connectivity index (χ0v) is 14.0. The lowest BCUT2D eigenvalue weighted by Gasteiger charge is -2.20. The van der Waals surface area contributed by atoms with Gasteiger partial charge in [0, 0.05) is 22.2 Å². The first-order valence-electron chi connectivity index (χ1n) is 8.09. The van der Waals surface area contributed by atoms with Crippen molar-refractivity contribution in [1.29, 1.82) is 0 Å². The van der Waals surface area contributed by atoms with E-state index >= 15 is 0 Å². The molecule has 2 atom stereocenters. The summed E-state index contributed by atoms with van der Waals surface area (Å²) in [5.74, 6) is 0.0968. The Bertz CT molecular complexity index is 653. The maximum atomic E-state index is 12.7. The molecule has 1 aliphatic carbocycles. The summed E-state index contributed by atoms with van der Waals surface area (Å²) in [5.41, 5.74) is 2.20. The zero-order valence-electron chi connectivity index (χ0n) is 13.2. The summed E-state index contributed by atoms with van der Waals surface area (Å²) in [6.45, 7) is 2.11. The number of hydrogen-bond acceptors (Lipinski definition) is 1. The number of nitrogens with two attached hydrogens (primary N) is 1. The Morgan fingerprint density at radius 2 is 1.74 bits per heavy atom. The molecule has 0 bridgehead atoms. The first-order valence-corrected chi connectivity index (χ1v) is 8.47. The van der Waals surface area contributed by atoms with Crippen LogP contribution in [0.25, 0.3) is 0 Å². The fraction of sp³-hybridized carbons (Fsp3) is 0.316. The molecule has 2 aromatic rings. The SMILES string of the molecule is C[C@H]([NH2+][C@@H](C(=O)NC1CC1)c1ccccc1)c1ccc(Cl)cc1. The van der Waals surface area contributed by atoms with Gasteiger partial charge >= 0.3 is 0 Å². The van der Waals surface area contributed by atoms with Gasteiger partial charge in [-0.2, -0.15) is 0 Å². The number of carbonyl (C=O) groups excluding carboxylic acids is 1. The topological polar surface area (TPSA) is 45.7 Å². The molecule has 1 aliphatic rings. The highest BCUT2D eigenvalue weighted by atomic mass is 35.5. The van der Waals surface area contributed by atoms with Crippen LogP contribution in [0.2, 0.25) is 5.02 Å². The van der Waals surface area contributed by atoms with Gasteiger partial charge in [0.05, 0.1) is 0 Å². The van der Waals surface area contributed by atoms with Gasteiger partial charge in [-0.05, 0) is 31.9 Å². The molecule has 1 amide bonds. The molecular weight excluding hydrogens is 308 g/mol. The van der Waals surface area contributed by atoms with Crippen molar-refractivity contribution in [3.05, 3.63) is 70.7 Å². The number of nitrogens with one attached hydrogen (secondary N) is 1. The first-order chi connectivity index (χ1) is 11.1. The van der Waals surface area contributed by atoms with E-state index in [1.807, 2.05) is 54.6 Å². The smallest absolute Gasteiger partial charge is 0.283 e. The molecule has 0 spiro atoms. The minimum absolute atomic E-state index is 0.0968. The average Bonchev–Trinajstić information content (AvgIpc) is 3.37. The molecule has 1 saturated carbocycles. The monoisotopic (exact) mass is 329 g/mol. The summed E-state index contributed by atoms with van der Waals surface area (Å²) in [6.07, 6.45) is 2.19. The fourth-order valence-corrected chi connectivity index (χ4v) is 2.82. The van der Waals surface area contributed by atoms with Crippen LogP contribution in [0.15, 0.2) is 54.6 Å². The molecule has 0 unspecified atom stereocenters. The predicted molar refractivity (Wildman–Crippen MR) is 92.1 cm³/mol. The van der Waals surface area contributed by atoms with Gasteiger partial charge in [-0.25, -0.2) is 0 Å². The van der Waals surface area contributed by atoms with Crippen molar-refractivity contribution >= 4 is 17.5 Å². The molecular formula is C19H22ClN2O+. The molecule has 3 nitrogen and oxygen atoms in total. The van der Waals surface area contributed by atoms with Crippen LogP contribution in [-0.4, -0.2) is 11.9 Å². The lowest BCUT2D eigenvalue weighted by Crippen LogP contribution is -2.88. The Hall–Kier alpha value is -1.84. The molecule has 0 saturated heterocycles. The van der Waals surface area contributed by atoms with Crippen LogP contribution in [0.4, 0.5) is 0 Å². The van der Waals surface area contributed by atoms with E-state index in [0.717, 1.165) is 29.0 Å². The van der Waals surface area contributed by atoms with Crippen LogP contribution >= 0.6 is 11.6 Å². The van der Waals surface area contributed by atoms with Gasteiger partial charge in [0.2, 0.25) is 0 Å². The number of hydrogen-bond donors (Lipinski definition) is 2. The predicted octanol–water partition coefficient (Wildman–Crippen LogP) is 2.98. The summed E-state index contributed by atoms with van der Waals surface area (Å²) in [4.78, 5) is 12.7. The van der Waals surface area contributed by atoms with Gasteiger partial charge in [0.15, 0.2) is 6.04 Å². The van der Waals surface area contributed by atoms with E-state index in [1.165, 1.54) is 0 Å². The molecule has 2 aromatic carbocycles. The summed E-state index contributed by atoms with van der Waals surface area (Å²) in [7, 11) is 0. The second-order valence-corrected chi connectivity index (χ2v) is 6.64. The number of carbonyl (C=O) groups is 1. The lowest BCUT2D eigenvalue weighted by atomic mass is 10.0. The van der Waals surface area contributed by atoms with Gasteiger partial charge in [-0.3, -0.25) is 4.79 Å². The van der Waals surface area contributed by atoms with Crippen LogP contribution in [0.3, 0.4) is 0 Å². The number of halogens is 1. The Morgan fingerprint density at radius 3 is 2.35 bits per heavy atom. The Kier molecular flexibility index (Phi) is 4.99. The van der Waals surface area contributed by atoms with E-state index in [4.69, 9.17) is 11.6 Å². The molecule has 0 aromatic heterocycles. The molecule has 0 aliphatic heterocycles. The third-order valence-electron chi connectivity index (χ3n) is 4.24. The van der Waals surface area contributed by atoms with Crippen molar-refractivity contribution in [3.63, 3.8) is 0 Å². The van der Waals surface area contributed by atoms with Crippen LogP contribution in [0.1, 0.15) is 43.0 Å². The lowest BCUT2D eigenvalue weighted by molar-refractivity contribution is -0.719. The van der Waals surface area contributed by atoms with Crippen molar-refractivity contribution in [1.82, 2.24) is 5.32 Å². The summed E-state index contributed by atoms with van der Waals surface area (Å²) < 4.78 is 0. The van der Waals surface area contributed by atoms with Crippen LogP contribution < -0.4 is 10.6 Å². The second kappa shape index (κ2) is 7.16. The molecule has 1 fully saturated rings. The van der Waals surface area contributed by atoms with E-state index < -0.39 is 0 Å². The van der Waals surface area contributed by atoms with Crippen LogP contribution in [-0.2, 0) is 4.79 Å². The van der Waals surface area contributed by atoms with Crippen molar-refractivity contribution in [2.45, 2.75) is 37.9 Å². The van der Waals surface area contributed by atoms with E-state index in [1.54, 1.807) is 0 Å². The number of rotatable bonds is 6. The minimum Gasteiger partial charge on any atom is -0.348 e. The standard InChI is InChI=1S/C19H21ClN2O/c1-13(14-7-9-16(20)10-8-14)21-18(15-5-3-2-4-6-15)19(23)22-17-11-12-17/h2-10,13,17-18,21H,11-12H2,1H3,(H,22,23)/p+1/t13-,18+/m0/s1. The third-order valence-corrected chi connectivity index (χ3v) is 4.49. The maximum absolute atomic E-state index is 12.7. The molecule has 120 valence electrons. The highest BCUT2D eigenvalue weighted by Crippen LogP contribution is 2.21. The fourth-order valence-electron chi connectivity index (χ4n) is 2.70. The zero-order chi connectivity index (χ0) is 16.2. The summed E-state index contributed by atoms with van der Waals surface area (Å²) in [5, 5.41) is 5.98. The normalized spacial score (nSPS) is 16.6. The third kappa shape index (κ3) is 4.34. The van der Waals surface area contributed by atoms with Crippen molar-refractivity contribution in [2.75, 3.05) is 0 Å². The van der Waals surface area contributed by atoms with Crippen LogP contribution in [0.5, 0.6) is 0 Å². The van der Waals surface area contributed by atoms with E-state index in [0.29, 0.717) is 6.04 Å². The van der Waals surface area contributed by atoms with E-state index in [9.17, 15) is 4.79 Å². The first kappa shape index (κ1) is 16.0.